The van der Waals surface area contributed by atoms with Gasteiger partial charge in [-0.3, -0.25) is 0 Å². The van der Waals surface area contributed by atoms with Crippen molar-refractivity contribution in [3.8, 4) is 5.75 Å². The van der Waals surface area contributed by atoms with E-state index in [0.717, 1.165) is 5.56 Å². The summed E-state index contributed by atoms with van der Waals surface area (Å²) in [6, 6.07) is 4.95. The van der Waals surface area contributed by atoms with E-state index in [1.54, 1.807) is 18.2 Å². The summed E-state index contributed by atoms with van der Waals surface area (Å²) in [7, 11) is 0. The van der Waals surface area contributed by atoms with Gasteiger partial charge in [-0.25, -0.2) is 0 Å². The third-order valence-electron chi connectivity index (χ3n) is 1.88. The molecule has 0 aliphatic carbocycles. The maximum absolute atomic E-state index is 9.52. The lowest BCUT2D eigenvalue weighted by molar-refractivity contribution is 0.480. The fourth-order valence-corrected chi connectivity index (χ4v) is 1.45. The number of hydrogen-bond donors (Lipinski definition) is 2. The zero-order valence-corrected chi connectivity index (χ0v) is 7.51. The summed E-state index contributed by atoms with van der Waals surface area (Å²) >= 11 is 5.64. The van der Waals surface area contributed by atoms with Crippen LogP contribution in [0.2, 0.25) is 5.22 Å². The Morgan fingerprint density at radius 2 is 2.15 bits per heavy atom. The van der Waals surface area contributed by atoms with Crippen LogP contribution >= 0.6 is 11.6 Å². The normalized spacial score (nSPS) is 10.9. The molecule has 0 aliphatic rings. The van der Waals surface area contributed by atoms with Crippen LogP contribution in [-0.4, -0.2) is 5.11 Å². The van der Waals surface area contributed by atoms with Crippen LogP contribution in [0, 0.1) is 0 Å². The Bertz CT molecular complexity index is 450. The van der Waals surface area contributed by atoms with Gasteiger partial charge in [-0.15, -0.1) is 0 Å². The molecule has 1 aromatic heterocycles. The van der Waals surface area contributed by atoms with Gasteiger partial charge in [0.1, 0.15) is 11.3 Å². The summed E-state index contributed by atoms with van der Waals surface area (Å²) < 4.78 is 5.14. The van der Waals surface area contributed by atoms with Crippen LogP contribution in [0.25, 0.3) is 11.0 Å². The second-order valence-electron chi connectivity index (χ2n) is 2.78. The van der Waals surface area contributed by atoms with E-state index in [2.05, 4.69) is 0 Å². The molecule has 0 bridgehead atoms. The molecule has 2 aromatic rings. The van der Waals surface area contributed by atoms with Crippen molar-refractivity contribution < 1.29 is 9.52 Å². The molecule has 13 heavy (non-hydrogen) atoms. The van der Waals surface area contributed by atoms with Crippen LogP contribution < -0.4 is 5.73 Å². The number of phenolic OH excluding ortho intramolecular Hbond substituents is 1. The number of benzene rings is 1. The third kappa shape index (κ3) is 1.36. The highest BCUT2D eigenvalue weighted by Gasteiger charge is 2.07. The van der Waals surface area contributed by atoms with Gasteiger partial charge in [0, 0.05) is 12.6 Å². The topological polar surface area (TPSA) is 59.4 Å². The molecular formula is C9H8ClNO2. The molecule has 0 fully saturated rings. The molecule has 0 atom stereocenters. The van der Waals surface area contributed by atoms with Crippen LogP contribution in [0.4, 0.5) is 0 Å². The number of furan rings is 1. The molecule has 1 aromatic carbocycles. The number of fused-ring (bicyclic) bond motifs is 1. The molecule has 4 heteroatoms. The van der Waals surface area contributed by atoms with Crippen molar-refractivity contribution in [2.45, 2.75) is 6.54 Å². The Morgan fingerprint density at radius 3 is 2.85 bits per heavy atom. The van der Waals surface area contributed by atoms with E-state index < -0.39 is 0 Å². The summed E-state index contributed by atoms with van der Waals surface area (Å²) in [5, 5.41) is 10.4. The van der Waals surface area contributed by atoms with Gasteiger partial charge >= 0.3 is 0 Å². The fraction of sp³-hybridized carbons (Fsp3) is 0.111. The Kier molecular flexibility index (Phi) is 1.90. The molecule has 0 saturated carbocycles. The van der Waals surface area contributed by atoms with Crippen molar-refractivity contribution in [2.24, 2.45) is 5.73 Å². The third-order valence-corrected chi connectivity index (χ3v) is 2.07. The number of phenols is 1. The Hall–Kier alpha value is -1.19. The van der Waals surface area contributed by atoms with Gasteiger partial charge in [0.15, 0.2) is 5.22 Å². The lowest BCUT2D eigenvalue weighted by atomic mass is 10.1. The first-order valence-electron chi connectivity index (χ1n) is 3.81. The zero-order valence-electron chi connectivity index (χ0n) is 6.75. The molecule has 0 amide bonds. The highest BCUT2D eigenvalue weighted by molar-refractivity contribution is 6.29. The standard InChI is InChI=1S/C9H8ClNO2/c10-9-3-6-7(12)1-5(4-11)2-8(6)13-9/h1-3,12H,4,11H2. The first-order valence-corrected chi connectivity index (χ1v) is 4.19. The second-order valence-corrected chi connectivity index (χ2v) is 3.15. The van der Waals surface area contributed by atoms with Gasteiger partial charge in [-0.1, -0.05) is 0 Å². The van der Waals surface area contributed by atoms with E-state index in [1.807, 2.05) is 0 Å². The molecule has 68 valence electrons. The van der Waals surface area contributed by atoms with Crippen LogP contribution in [-0.2, 0) is 6.54 Å². The first kappa shape index (κ1) is 8.41. The van der Waals surface area contributed by atoms with Gasteiger partial charge in [-0.05, 0) is 29.3 Å². The summed E-state index contributed by atoms with van der Waals surface area (Å²) in [4.78, 5) is 0. The maximum Gasteiger partial charge on any atom is 0.194 e. The van der Waals surface area contributed by atoms with Gasteiger partial charge in [0.2, 0.25) is 0 Å². The fourth-order valence-electron chi connectivity index (χ4n) is 1.26. The van der Waals surface area contributed by atoms with E-state index in [9.17, 15) is 5.11 Å². The van der Waals surface area contributed by atoms with Gasteiger partial charge in [0.25, 0.3) is 0 Å². The SMILES string of the molecule is NCc1cc(O)c2cc(Cl)oc2c1. The molecule has 2 rings (SSSR count). The minimum atomic E-state index is 0.147. The number of aromatic hydroxyl groups is 1. The van der Waals surface area contributed by atoms with Crippen LogP contribution in [0.15, 0.2) is 22.6 Å². The molecular weight excluding hydrogens is 190 g/mol. The van der Waals surface area contributed by atoms with E-state index in [-0.39, 0.29) is 11.0 Å². The lowest BCUT2D eigenvalue weighted by Crippen LogP contribution is -1.95. The monoisotopic (exact) mass is 197 g/mol. The van der Waals surface area contributed by atoms with Crippen molar-refractivity contribution in [3.63, 3.8) is 0 Å². The predicted octanol–water partition coefficient (Wildman–Crippen LogP) is 2.25. The number of hydrogen-bond acceptors (Lipinski definition) is 3. The van der Waals surface area contributed by atoms with E-state index in [1.165, 1.54) is 0 Å². The summed E-state index contributed by atoms with van der Waals surface area (Å²) in [6.07, 6.45) is 0. The van der Waals surface area contributed by atoms with Crippen molar-refractivity contribution in [2.75, 3.05) is 0 Å². The van der Waals surface area contributed by atoms with Crippen LogP contribution in [0.5, 0.6) is 5.75 Å². The average Bonchev–Trinajstić information content (AvgIpc) is 2.46. The van der Waals surface area contributed by atoms with Crippen molar-refractivity contribution in [1.82, 2.24) is 0 Å². The van der Waals surface area contributed by atoms with Crippen molar-refractivity contribution in [1.29, 1.82) is 0 Å². The predicted molar refractivity (Wildman–Crippen MR) is 50.8 cm³/mol. The largest absolute Gasteiger partial charge is 0.507 e. The van der Waals surface area contributed by atoms with Crippen molar-refractivity contribution >= 4 is 22.6 Å². The average molecular weight is 198 g/mol. The number of nitrogens with two attached hydrogens (primary N) is 1. The van der Waals surface area contributed by atoms with Crippen LogP contribution in [0.1, 0.15) is 5.56 Å². The number of rotatable bonds is 1. The molecule has 0 saturated heterocycles. The maximum atomic E-state index is 9.52. The van der Waals surface area contributed by atoms with E-state index in [4.69, 9.17) is 21.8 Å². The molecule has 0 aliphatic heterocycles. The zero-order chi connectivity index (χ0) is 9.42. The van der Waals surface area contributed by atoms with Gasteiger partial charge in [0.05, 0.1) is 5.39 Å². The quantitative estimate of drug-likeness (QED) is 0.737. The first-order chi connectivity index (χ1) is 6.20. The smallest absolute Gasteiger partial charge is 0.194 e. The highest BCUT2D eigenvalue weighted by Crippen LogP contribution is 2.31. The van der Waals surface area contributed by atoms with Gasteiger partial charge in [-0.2, -0.15) is 0 Å². The molecule has 0 unspecified atom stereocenters. The Balaban J connectivity index is 2.75. The molecule has 1 heterocycles. The Morgan fingerprint density at radius 1 is 1.38 bits per heavy atom. The second kappa shape index (κ2) is 2.94. The Labute approximate surface area is 79.7 Å². The molecule has 3 nitrogen and oxygen atoms in total. The molecule has 0 spiro atoms. The highest BCUT2D eigenvalue weighted by atomic mass is 35.5. The van der Waals surface area contributed by atoms with Gasteiger partial charge < -0.3 is 15.3 Å². The van der Waals surface area contributed by atoms with Crippen LogP contribution in [0.3, 0.4) is 0 Å². The van der Waals surface area contributed by atoms with Crippen molar-refractivity contribution in [3.05, 3.63) is 29.0 Å². The van der Waals surface area contributed by atoms with E-state index >= 15 is 0 Å². The summed E-state index contributed by atoms with van der Waals surface area (Å²) in [5.41, 5.74) is 6.81. The molecule has 3 N–H and O–H groups in total. The number of halogens is 1. The van der Waals surface area contributed by atoms with E-state index in [0.29, 0.717) is 17.5 Å². The summed E-state index contributed by atoms with van der Waals surface area (Å²) in [5.74, 6) is 0.147. The minimum absolute atomic E-state index is 0.147. The lowest BCUT2D eigenvalue weighted by Gasteiger charge is -1.98. The molecule has 0 radical (unpaired) electrons. The minimum Gasteiger partial charge on any atom is -0.507 e. The summed E-state index contributed by atoms with van der Waals surface area (Å²) in [6.45, 7) is 0.363.